The maximum atomic E-state index is 7.01. The van der Waals surface area contributed by atoms with Gasteiger partial charge in [-0.15, -0.1) is 0 Å². The summed E-state index contributed by atoms with van der Waals surface area (Å²) in [7, 11) is 0. The Labute approximate surface area is 174 Å². The van der Waals surface area contributed by atoms with Gasteiger partial charge in [-0.25, -0.2) is 15.0 Å². The van der Waals surface area contributed by atoms with E-state index in [0.717, 1.165) is 36.1 Å². The van der Waals surface area contributed by atoms with E-state index in [1.807, 2.05) is 44.2 Å². The highest BCUT2D eigenvalue weighted by Gasteiger charge is 2.06. The molecule has 0 aliphatic rings. The number of aromatic nitrogens is 3. The van der Waals surface area contributed by atoms with Gasteiger partial charge in [-0.3, -0.25) is 0 Å². The summed E-state index contributed by atoms with van der Waals surface area (Å²) in [5, 5.41) is 7.01. The first-order valence-corrected chi connectivity index (χ1v) is 10.0. The van der Waals surface area contributed by atoms with Crippen molar-refractivity contribution in [2.45, 2.75) is 47.0 Å². The second-order valence-electron chi connectivity index (χ2n) is 6.02. The highest BCUT2D eigenvalue weighted by Crippen LogP contribution is 2.20. The van der Waals surface area contributed by atoms with Crippen molar-refractivity contribution in [1.29, 1.82) is 5.41 Å². The van der Waals surface area contributed by atoms with Crippen LogP contribution in [-0.4, -0.2) is 21.2 Å². The lowest BCUT2D eigenvalue weighted by atomic mass is 10.1. The van der Waals surface area contributed by atoms with E-state index >= 15 is 0 Å². The van der Waals surface area contributed by atoms with Gasteiger partial charge >= 0.3 is 0 Å². The number of pyridine rings is 1. The molecular weight excluding hydrogens is 360 g/mol. The summed E-state index contributed by atoms with van der Waals surface area (Å²) in [6.45, 7) is 8.20. The van der Waals surface area contributed by atoms with Crippen LogP contribution in [0.3, 0.4) is 0 Å². The smallest absolute Gasteiger partial charge is 0.162 e. The van der Waals surface area contributed by atoms with Crippen LogP contribution in [0.4, 0.5) is 11.5 Å². The minimum absolute atomic E-state index is 0.497. The molecule has 0 saturated carbocycles. The summed E-state index contributed by atoms with van der Waals surface area (Å²) in [5.41, 5.74) is 16.1. The van der Waals surface area contributed by atoms with Crippen molar-refractivity contribution < 1.29 is 0 Å². The quantitative estimate of drug-likeness (QED) is 0.421. The van der Waals surface area contributed by atoms with E-state index in [-0.39, 0.29) is 0 Å². The van der Waals surface area contributed by atoms with Crippen LogP contribution in [0, 0.1) is 5.41 Å². The predicted octanol–water partition coefficient (Wildman–Crippen LogP) is 4.93. The molecule has 2 heterocycles. The summed E-state index contributed by atoms with van der Waals surface area (Å²) < 4.78 is 0. The largest absolute Gasteiger partial charge is 0.398 e. The second kappa shape index (κ2) is 13.0. The highest BCUT2D eigenvalue weighted by molar-refractivity contribution is 5.84. The third-order valence-corrected chi connectivity index (χ3v) is 4.01. The van der Waals surface area contributed by atoms with Gasteiger partial charge in [-0.1, -0.05) is 46.2 Å². The fraction of sp³-hybridized carbons (Fsp3) is 0.304. The fourth-order valence-corrected chi connectivity index (χ4v) is 2.52. The summed E-state index contributed by atoms with van der Waals surface area (Å²) >= 11 is 0. The molecule has 0 atom stereocenters. The Kier molecular flexibility index (Phi) is 10.6. The maximum absolute atomic E-state index is 7.01. The van der Waals surface area contributed by atoms with Gasteiger partial charge in [0.2, 0.25) is 0 Å². The summed E-state index contributed by atoms with van der Waals surface area (Å²) in [4.78, 5) is 12.6. The van der Waals surface area contributed by atoms with Gasteiger partial charge in [-0.05, 0) is 42.7 Å². The van der Waals surface area contributed by atoms with Crippen LogP contribution >= 0.6 is 0 Å². The van der Waals surface area contributed by atoms with Crippen molar-refractivity contribution in [3.63, 3.8) is 0 Å². The van der Waals surface area contributed by atoms with E-state index < -0.39 is 0 Å². The molecule has 0 fully saturated rings. The normalized spacial score (nSPS) is 9.52. The maximum Gasteiger partial charge on any atom is 0.162 e. The third kappa shape index (κ3) is 7.33. The Morgan fingerprint density at radius 1 is 1.00 bits per heavy atom. The summed E-state index contributed by atoms with van der Waals surface area (Å²) in [6.07, 6.45) is 7.66. The molecule has 6 nitrogen and oxygen atoms in total. The van der Waals surface area contributed by atoms with Gasteiger partial charge in [0, 0.05) is 35.6 Å². The molecular formula is C23H32N6. The second-order valence-corrected chi connectivity index (χ2v) is 6.02. The predicted molar refractivity (Wildman–Crippen MR) is 123 cm³/mol. The van der Waals surface area contributed by atoms with E-state index in [1.165, 1.54) is 11.8 Å². The number of anilines is 2. The standard InChI is InChI=1S/C12H14N4.C9H12N2.C2H6/c1-2-4-9-5-6-10(11(13)16-9)12-14-7-3-8-15-12;1-2-7-3-4-8(6-10)9(11)5-7;1-2/h3,5-8H,2,4H2,1H3,(H2,13,16);3-6,10H,2,11H2,1H3;1-2H3. The Hall–Kier alpha value is -3.28. The van der Waals surface area contributed by atoms with Crippen LogP contribution in [0.2, 0.25) is 0 Å². The van der Waals surface area contributed by atoms with Gasteiger partial charge in [0.05, 0.1) is 5.56 Å². The molecule has 154 valence electrons. The van der Waals surface area contributed by atoms with Gasteiger partial charge < -0.3 is 16.9 Å². The third-order valence-electron chi connectivity index (χ3n) is 4.01. The van der Waals surface area contributed by atoms with Crippen LogP contribution in [-0.2, 0) is 12.8 Å². The number of nitrogens with two attached hydrogens (primary N) is 2. The van der Waals surface area contributed by atoms with Crippen molar-refractivity contribution in [3.8, 4) is 11.4 Å². The van der Waals surface area contributed by atoms with Crippen molar-refractivity contribution in [2.24, 2.45) is 0 Å². The number of nitrogens with zero attached hydrogens (tertiary/aromatic N) is 3. The molecule has 0 saturated heterocycles. The zero-order chi connectivity index (χ0) is 21.6. The number of nitrogens with one attached hydrogen (secondary N) is 1. The minimum Gasteiger partial charge on any atom is -0.398 e. The monoisotopic (exact) mass is 392 g/mol. The van der Waals surface area contributed by atoms with Gasteiger partial charge in [-0.2, -0.15) is 0 Å². The van der Waals surface area contributed by atoms with Crippen molar-refractivity contribution in [3.05, 3.63) is 65.6 Å². The lowest BCUT2D eigenvalue weighted by Gasteiger charge is -2.05. The van der Waals surface area contributed by atoms with Crippen molar-refractivity contribution in [2.75, 3.05) is 11.5 Å². The first-order chi connectivity index (χ1) is 14.1. The van der Waals surface area contributed by atoms with E-state index in [4.69, 9.17) is 16.9 Å². The van der Waals surface area contributed by atoms with Crippen LogP contribution in [0.25, 0.3) is 11.4 Å². The van der Waals surface area contributed by atoms with E-state index in [2.05, 4.69) is 28.8 Å². The molecule has 0 aliphatic heterocycles. The minimum atomic E-state index is 0.497. The highest BCUT2D eigenvalue weighted by atomic mass is 14.9. The van der Waals surface area contributed by atoms with E-state index in [1.54, 1.807) is 18.5 Å². The summed E-state index contributed by atoms with van der Waals surface area (Å²) in [6, 6.07) is 11.5. The Morgan fingerprint density at radius 3 is 2.21 bits per heavy atom. The number of nitrogen functional groups attached to an aromatic ring is 2. The lowest BCUT2D eigenvalue weighted by molar-refractivity contribution is 0.885. The average molecular weight is 393 g/mol. The Bertz CT molecular complexity index is 878. The van der Waals surface area contributed by atoms with E-state index in [0.29, 0.717) is 17.3 Å². The van der Waals surface area contributed by atoms with Crippen molar-refractivity contribution >= 4 is 17.7 Å². The number of rotatable bonds is 5. The molecule has 5 N–H and O–H groups in total. The Balaban J connectivity index is 0.000000284. The summed E-state index contributed by atoms with van der Waals surface area (Å²) in [5.74, 6) is 1.12. The SMILES string of the molecule is CC.CCCc1ccc(-c2ncccn2)c(N)n1.CCc1ccc(C=N)c(N)c1. The fourth-order valence-electron chi connectivity index (χ4n) is 2.52. The van der Waals surface area contributed by atoms with Crippen LogP contribution in [0.5, 0.6) is 0 Å². The van der Waals surface area contributed by atoms with Crippen molar-refractivity contribution in [1.82, 2.24) is 15.0 Å². The lowest BCUT2D eigenvalue weighted by Crippen LogP contribution is -2.00. The molecule has 0 bridgehead atoms. The molecule has 3 rings (SSSR count). The average Bonchev–Trinajstić information content (AvgIpc) is 2.76. The zero-order valence-electron chi connectivity index (χ0n) is 17.8. The molecule has 0 spiro atoms. The number of benzene rings is 1. The first kappa shape index (κ1) is 23.8. The van der Waals surface area contributed by atoms with Crippen LogP contribution in [0.15, 0.2) is 48.8 Å². The molecule has 2 aromatic heterocycles. The molecule has 0 radical (unpaired) electrons. The molecule has 0 amide bonds. The molecule has 6 heteroatoms. The van der Waals surface area contributed by atoms with Crippen LogP contribution < -0.4 is 11.5 Å². The molecule has 0 unspecified atom stereocenters. The molecule has 1 aromatic carbocycles. The Morgan fingerprint density at radius 2 is 1.69 bits per heavy atom. The van der Waals surface area contributed by atoms with E-state index in [9.17, 15) is 0 Å². The topological polar surface area (TPSA) is 115 Å². The molecule has 29 heavy (non-hydrogen) atoms. The number of aryl methyl sites for hydroxylation is 2. The van der Waals surface area contributed by atoms with Gasteiger partial charge in [0.25, 0.3) is 0 Å². The van der Waals surface area contributed by atoms with Gasteiger partial charge in [0.15, 0.2) is 5.82 Å². The van der Waals surface area contributed by atoms with Crippen LogP contribution in [0.1, 0.15) is 50.9 Å². The first-order valence-electron chi connectivity index (χ1n) is 10.0. The zero-order valence-corrected chi connectivity index (χ0v) is 17.8. The number of hydrogen-bond donors (Lipinski definition) is 3. The number of hydrogen-bond acceptors (Lipinski definition) is 6. The molecule has 0 aliphatic carbocycles. The van der Waals surface area contributed by atoms with Gasteiger partial charge in [0.1, 0.15) is 5.82 Å². The molecule has 3 aromatic rings.